The van der Waals surface area contributed by atoms with Gasteiger partial charge in [-0.25, -0.2) is 8.42 Å². The van der Waals surface area contributed by atoms with Gasteiger partial charge < -0.3 is 4.90 Å². The van der Waals surface area contributed by atoms with Gasteiger partial charge in [0.15, 0.2) is 0 Å². The summed E-state index contributed by atoms with van der Waals surface area (Å²) in [7, 11) is 0.132. The molecule has 0 aromatic heterocycles. The zero-order valence-corrected chi connectivity index (χ0v) is 16.0. The van der Waals surface area contributed by atoms with Gasteiger partial charge in [0.05, 0.1) is 16.5 Å². The highest BCUT2D eigenvalue weighted by atomic mass is 32.2. The number of amides is 1. The van der Waals surface area contributed by atoms with Gasteiger partial charge in [-0.2, -0.15) is 9.57 Å². The fraction of sp³-hybridized carbons (Fsp3) is 0.556. The molecule has 3 rings (SSSR count). The summed E-state index contributed by atoms with van der Waals surface area (Å²) in [5.74, 6) is 0.108. The molecule has 1 aromatic carbocycles. The van der Waals surface area contributed by atoms with Gasteiger partial charge in [0, 0.05) is 45.2 Å². The molecule has 1 amide bonds. The van der Waals surface area contributed by atoms with E-state index in [0.717, 1.165) is 6.42 Å². The van der Waals surface area contributed by atoms with Crippen LogP contribution < -0.4 is 0 Å². The Morgan fingerprint density at radius 1 is 1.15 bits per heavy atom. The first-order chi connectivity index (χ1) is 12.3. The van der Waals surface area contributed by atoms with Crippen molar-refractivity contribution >= 4 is 15.9 Å². The molecule has 0 bridgehead atoms. The Balaban J connectivity index is 1.89. The summed E-state index contributed by atoms with van der Waals surface area (Å²) >= 11 is 0. The monoisotopic (exact) mass is 376 g/mol. The minimum absolute atomic E-state index is 0.108. The summed E-state index contributed by atoms with van der Waals surface area (Å²) < 4.78 is 27.8. The van der Waals surface area contributed by atoms with Crippen molar-refractivity contribution in [2.75, 3.05) is 40.3 Å². The number of rotatable bonds is 2. The van der Waals surface area contributed by atoms with Crippen LogP contribution in [-0.2, 0) is 14.8 Å². The largest absolute Gasteiger partial charge is 0.346 e. The number of carbonyl (C=O) groups is 1. The second kappa shape index (κ2) is 6.99. The molecular formula is C18H24N4O3S. The van der Waals surface area contributed by atoms with E-state index >= 15 is 0 Å². The lowest BCUT2D eigenvalue weighted by atomic mass is 9.87. The molecule has 7 nitrogen and oxygen atoms in total. The first-order valence-electron chi connectivity index (χ1n) is 8.74. The van der Waals surface area contributed by atoms with Crippen molar-refractivity contribution in [3.05, 3.63) is 29.8 Å². The first kappa shape index (κ1) is 18.8. The normalized spacial score (nSPS) is 25.9. The van der Waals surface area contributed by atoms with Crippen molar-refractivity contribution in [1.82, 2.24) is 14.1 Å². The minimum atomic E-state index is -3.68. The van der Waals surface area contributed by atoms with Crippen LogP contribution in [0.2, 0.25) is 0 Å². The SMILES string of the molecule is CN1CCC2(CCC1=O)CN(S(=O)(=O)c1cccc(C#N)c1)CCN2C. The van der Waals surface area contributed by atoms with Gasteiger partial charge in [-0.1, -0.05) is 6.07 Å². The summed E-state index contributed by atoms with van der Waals surface area (Å²) in [6.45, 7) is 2.01. The van der Waals surface area contributed by atoms with Crippen molar-refractivity contribution in [2.24, 2.45) is 0 Å². The highest BCUT2D eigenvalue weighted by molar-refractivity contribution is 7.89. The second-order valence-corrected chi connectivity index (χ2v) is 9.13. The van der Waals surface area contributed by atoms with Gasteiger partial charge in [-0.15, -0.1) is 0 Å². The summed E-state index contributed by atoms with van der Waals surface area (Å²) in [4.78, 5) is 16.1. The van der Waals surface area contributed by atoms with E-state index in [1.165, 1.54) is 16.4 Å². The van der Waals surface area contributed by atoms with E-state index in [0.29, 0.717) is 44.6 Å². The number of nitriles is 1. The topological polar surface area (TPSA) is 84.7 Å². The Bertz CT molecular complexity index is 848. The van der Waals surface area contributed by atoms with E-state index in [-0.39, 0.29) is 16.3 Å². The molecule has 1 spiro atoms. The predicted octanol–water partition coefficient (Wildman–Crippen LogP) is 0.875. The van der Waals surface area contributed by atoms with Crippen molar-refractivity contribution < 1.29 is 13.2 Å². The van der Waals surface area contributed by atoms with Crippen LogP contribution in [0.3, 0.4) is 0 Å². The summed E-state index contributed by atoms with van der Waals surface area (Å²) in [5, 5.41) is 9.05. The fourth-order valence-electron chi connectivity index (χ4n) is 3.80. The molecule has 2 heterocycles. The van der Waals surface area contributed by atoms with E-state index in [9.17, 15) is 13.2 Å². The number of benzene rings is 1. The molecule has 2 aliphatic heterocycles. The maximum Gasteiger partial charge on any atom is 0.243 e. The Hall–Kier alpha value is -1.95. The molecule has 2 saturated heterocycles. The van der Waals surface area contributed by atoms with E-state index < -0.39 is 10.0 Å². The van der Waals surface area contributed by atoms with Crippen LogP contribution in [0.5, 0.6) is 0 Å². The molecule has 2 fully saturated rings. The second-order valence-electron chi connectivity index (χ2n) is 7.19. The van der Waals surface area contributed by atoms with Gasteiger partial charge in [0.2, 0.25) is 15.9 Å². The number of likely N-dealkylation sites (tertiary alicyclic amines) is 1. The number of sulfonamides is 1. The molecular weight excluding hydrogens is 352 g/mol. The van der Waals surface area contributed by atoms with Crippen LogP contribution in [0.25, 0.3) is 0 Å². The number of carbonyl (C=O) groups excluding carboxylic acids is 1. The molecule has 0 N–H and O–H groups in total. The zero-order chi connectivity index (χ0) is 18.9. The van der Waals surface area contributed by atoms with Crippen LogP contribution in [0.4, 0.5) is 0 Å². The molecule has 0 radical (unpaired) electrons. The van der Waals surface area contributed by atoms with Crippen LogP contribution in [0, 0.1) is 11.3 Å². The number of hydrogen-bond donors (Lipinski definition) is 0. The highest BCUT2D eigenvalue weighted by Gasteiger charge is 2.44. The van der Waals surface area contributed by atoms with Gasteiger partial charge in [0.1, 0.15) is 0 Å². The Morgan fingerprint density at radius 2 is 1.92 bits per heavy atom. The zero-order valence-electron chi connectivity index (χ0n) is 15.2. The molecule has 2 aliphatic rings. The van der Waals surface area contributed by atoms with Crippen molar-refractivity contribution in [2.45, 2.75) is 29.7 Å². The first-order valence-corrected chi connectivity index (χ1v) is 10.2. The maximum absolute atomic E-state index is 13.1. The van der Waals surface area contributed by atoms with Crippen LogP contribution in [0.15, 0.2) is 29.2 Å². The Kier molecular flexibility index (Phi) is 5.06. The lowest BCUT2D eigenvalue weighted by Crippen LogP contribution is -2.62. The van der Waals surface area contributed by atoms with Crippen LogP contribution >= 0.6 is 0 Å². The van der Waals surface area contributed by atoms with E-state index in [1.54, 1.807) is 24.1 Å². The van der Waals surface area contributed by atoms with Crippen molar-refractivity contribution in [3.63, 3.8) is 0 Å². The van der Waals surface area contributed by atoms with E-state index in [2.05, 4.69) is 4.90 Å². The summed E-state index contributed by atoms with van der Waals surface area (Å²) in [6, 6.07) is 8.13. The molecule has 26 heavy (non-hydrogen) atoms. The molecule has 0 aliphatic carbocycles. The third-order valence-corrected chi connectivity index (χ3v) is 7.55. The van der Waals surface area contributed by atoms with Gasteiger partial charge in [0.25, 0.3) is 0 Å². The third kappa shape index (κ3) is 3.34. The lowest BCUT2D eigenvalue weighted by Gasteiger charge is -2.48. The Morgan fingerprint density at radius 3 is 2.65 bits per heavy atom. The number of nitrogens with zero attached hydrogens (tertiary/aromatic N) is 4. The summed E-state index contributed by atoms with van der Waals surface area (Å²) in [5.41, 5.74) is -0.00455. The smallest absolute Gasteiger partial charge is 0.243 e. The number of piperazine rings is 1. The third-order valence-electron chi connectivity index (χ3n) is 5.71. The van der Waals surface area contributed by atoms with Crippen LogP contribution in [-0.4, -0.2) is 74.2 Å². The van der Waals surface area contributed by atoms with Gasteiger partial charge in [-0.3, -0.25) is 9.69 Å². The lowest BCUT2D eigenvalue weighted by molar-refractivity contribution is -0.129. The average Bonchev–Trinajstić information content (AvgIpc) is 2.78. The summed E-state index contributed by atoms with van der Waals surface area (Å²) in [6.07, 6.45) is 1.82. The molecule has 140 valence electrons. The molecule has 8 heteroatoms. The predicted molar refractivity (Wildman–Crippen MR) is 96.8 cm³/mol. The standard InChI is InChI=1S/C18H24N4O3S/c1-20-9-8-18(7-6-17(20)23)14-22(11-10-21(18)2)26(24,25)16-5-3-4-15(12-16)13-19/h3-5,12H,6-11,14H2,1-2H3. The van der Waals surface area contributed by atoms with Crippen molar-refractivity contribution in [1.29, 1.82) is 5.26 Å². The maximum atomic E-state index is 13.1. The van der Waals surface area contributed by atoms with Gasteiger partial charge >= 0.3 is 0 Å². The number of hydrogen-bond acceptors (Lipinski definition) is 5. The van der Waals surface area contributed by atoms with Crippen LogP contribution in [0.1, 0.15) is 24.8 Å². The molecule has 1 aromatic rings. The average molecular weight is 376 g/mol. The van der Waals surface area contributed by atoms with E-state index in [4.69, 9.17) is 5.26 Å². The molecule has 1 atom stereocenters. The molecule has 1 unspecified atom stereocenters. The minimum Gasteiger partial charge on any atom is -0.346 e. The fourth-order valence-corrected chi connectivity index (χ4v) is 5.36. The number of likely N-dealkylation sites (N-methyl/N-ethyl adjacent to an activating group) is 1. The van der Waals surface area contributed by atoms with E-state index in [1.807, 2.05) is 13.1 Å². The molecule has 0 saturated carbocycles. The quantitative estimate of drug-likeness (QED) is 0.765. The van der Waals surface area contributed by atoms with Crippen molar-refractivity contribution in [3.8, 4) is 6.07 Å². The Labute approximate surface area is 154 Å². The highest BCUT2D eigenvalue weighted by Crippen LogP contribution is 2.34. The van der Waals surface area contributed by atoms with Gasteiger partial charge in [-0.05, 0) is 38.1 Å².